The molecule has 8 heteroatoms. The molecule has 0 radical (unpaired) electrons. The summed E-state index contributed by atoms with van der Waals surface area (Å²) in [5, 5.41) is 14.4. The van der Waals surface area contributed by atoms with E-state index in [4.69, 9.17) is 13.7 Å². The van der Waals surface area contributed by atoms with E-state index in [-0.39, 0.29) is 17.7 Å². The van der Waals surface area contributed by atoms with Gasteiger partial charge >= 0.3 is 0 Å². The number of aromatic nitrogens is 3. The highest BCUT2D eigenvalue weighted by Crippen LogP contribution is 2.19. The minimum atomic E-state index is -0.323. The summed E-state index contributed by atoms with van der Waals surface area (Å²) < 4.78 is 15.8. The van der Waals surface area contributed by atoms with E-state index in [0.717, 1.165) is 5.56 Å². The van der Waals surface area contributed by atoms with Gasteiger partial charge in [0.2, 0.25) is 11.8 Å². The number of hydrogen-bond donors (Lipinski definition) is 1. The average Bonchev–Trinajstić information content (AvgIpc) is 3.31. The molecular formula is C17H18N4O4. The van der Waals surface area contributed by atoms with E-state index < -0.39 is 0 Å². The molecule has 0 aliphatic rings. The molecule has 1 N–H and O–H groups in total. The number of nitrogens with zero attached hydrogens (tertiary/aromatic N) is 3. The Morgan fingerprint density at radius 1 is 1.28 bits per heavy atom. The van der Waals surface area contributed by atoms with Crippen molar-refractivity contribution >= 4 is 5.91 Å². The van der Waals surface area contributed by atoms with Crippen molar-refractivity contribution in [2.45, 2.75) is 19.4 Å². The second-order valence-electron chi connectivity index (χ2n) is 5.36. The van der Waals surface area contributed by atoms with Gasteiger partial charge in [-0.05, 0) is 6.92 Å². The summed E-state index contributed by atoms with van der Waals surface area (Å²) in [5.41, 5.74) is 1.08. The van der Waals surface area contributed by atoms with Gasteiger partial charge in [-0.2, -0.15) is 0 Å². The summed E-state index contributed by atoms with van der Waals surface area (Å²) >= 11 is 0. The SMILES string of the molecule is CO[C@H](C)c1nnc(CCNC(=O)c2cc(-c3ccccc3)on2)o1. The number of rotatable bonds is 7. The van der Waals surface area contributed by atoms with Gasteiger partial charge in [-0.15, -0.1) is 10.2 Å². The van der Waals surface area contributed by atoms with Gasteiger partial charge in [-0.1, -0.05) is 35.5 Å². The zero-order chi connectivity index (χ0) is 17.6. The normalized spacial score (nSPS) is 12.1. The zero-order valence-electron chi connectivity index (χ0n) is 13.9. The Morgan fingerprint density at radius 2 is 2.08 bits per heavy atom. The molecule has 130 valence electrons. The summed E-state index contributed by atoms with van der Waals surface area (Å²) in [6.45, 7) is 2.16. The van der Waals surface area contributed by atoms with E-state index in [1.807, 2.05) is 37.3 Å². The molecule has 25 heavy (non-hydrogen) atoms. The van der Waals surface area contributed by atoms with E-state index in [2.05, 4.69) is 20.7 Å². The van der Waals surface area contributed by atoms with Crippen LogP contribution in [0.5, 0.6) is 0 Å². The lowest BCUT2D eigenvalue weighted by molar-refractivity contribution is 0.0926. The van der Waals surface area contributed by atoms with Gasteiger partial charge < -0.3 is 19.0 Å². The van der Waals surface area contributed by atoms with Crippen molar-refractivity contribution in [2.24, 2.45) is 0 Å². The highest BCUT2D eigenvalue weighted by Gasteiger charge is 2.15. The van der Waals surface area contributed by atoms with Gasteiger partial charge in [0.1, 0.15) is 6.10 Å². The van der Waals surface area contributed by atoms with E-state index in [9.17, 15) is 4.79 Å². The Bertz CT molecular complexity index is 828. The summed E-state index contributed by atoms with van der Waals surface area (Å²) in [6, 6.07) is 11.1. The molecule has 0 bridgehead atoms. The molecule has 0 aliphatic heterocycles. The molecule has 0 aliphatic carbocycles. The Morgan fingerprint density at radius 3 is 2.84 bits per heavy atom. The smallest absolute Gasteiger partial charge is 0.273 e. The molecule has 0 fully saturated rings. The van der Waals surface area contributed by atoms with E-state index in [0.29, 0.717) is 30.5 Å². The quantitative estimate of drug-likeness (QED) is 0.703. The molecule has 0 saturated carbocycles. The Balaban J connectivity index is 1.53. The minimum Gasteiger partial charge on any atom is -0.422 e. The van der Waals surface area contributed by atoms with Crippen molar-refractivity contribution < 1.29 is 18.5 Å². The van der Waals surface area contributed by atoms with Crippen LogP contribution in [0.1, 0.15) is 35.3 Å². The molecule has 0 unspecified atom stereocenters. The van der Waals surface area contributed by atoms with Crippen LogP contribution in [0.4, 0.5) is 0 Å². The van der Waals surface area contributed by atoms with Crippen molar-refractivity contribution in [1.29, 1.82) is 0 Å². The standard InChI is InChI=1S/C17H18N4O4/c1-11(23-2)17-20-19-15(24-17)8-9-18-16(22)13-10-14(25-21-13)12-6-4-3-5-7-12/h3-7,10-11H,8-9H2,1-2H3,(H,18,22)/t11-/m1/s1. The van der Waals surface area contributed by atoms with Gasteiger partial charge in [0.05, 0.1) is 0 Å². The van der Waals surface area contributed by atoms with Gasteiger partial charge in [0.25, 0.3) is 5.91 Å². The highest BCUT2D eigenvalue weighted by atomic mass is 16.5. The number of carbonyl (C=O) groups excluding carboxylic acids is 1. The first-order chi connectivity index (χ1) is 12.2. The first-order valence-corrected chi connectivity index (χ1v) is 7.83. The maximum absolute atomic E-state index is 12.1. The third kappa shape index (κ3) is 4.10. The van der Waals surface area contributed by atoms with Crippen LogP contribution in [0.3, 0.4) is 0 Å². The van der Waals surface area contributed by atoms with Crippen LogP contribution >= 0.6 is 0 Å². The highest BCUT2D eigenvalue weighted by molar-refractivity contribution is 5.93. The molecule has 1 aromatic carbocycles. The molecule has 3 aromatic rings. The fourth-order valence-corrected chi connectivity index (χ4v) is 2.13. The Hall–Kier alpha value is -3.00. The van der Waals surface area contributed by atoms with Crippen molar-refractivity contribution in [3.8, 4) is 11.3 Å². The Kier molecular flexibility index (Phi) is 5.20. The predicted octanol–water partition coefficient (Wildman–Crippen LogP) is 2.40. The van der Waals surface area contributed by atoms with E-state index >= 15 is 0 Å². The van der Waals surface area contributed by atoms with Crippen LogP contribution in [-0.2, 0) is 11.2 Å². The fourth-order valence-electron chi connectivity index (χ4n) is 2.13. The third-order valence-electron chi connectivity index (χ3n) is 3.61. The monoisotopic (exact) mass is 342 g/mol. The van der Waals surface area contributed by atoms with Gasteiger partial charge in [0, 0.05) is 31.7 Å². The number of carbonyl (C=O) groups is 1. The zero-order valence-corrected chi connectivity index (χ0v) is 13.9. The lowest BCUT2D eigenvalue weighted by Gasteiger charge is -2.02. The molecule has 2 aromatic heterocycles. The number of ether oxygens (including phenoxy) is 1. The lowest BCUT2D eigenvalue weighted by Crippen LogP contribution is -2.26. The first kappa shape index (κ1) is 16.8. The number of nitrogens with one attached hydrogen (secondary N) is 1. The fraction of sp³-hybridized carbons (Fsp3) is 0.294. The maximum Gasteiger partial charge on any atom is 0.273 e. The molecule has 3 rings (SSSR count). The van der Waals surface area contributed by atoms with Gasteiger partial charge in [-0.3, -0.25) is 4.79 Å². The van der Waals surface area contributed by atoms with Crippen LogP contribution in [0.2, 0.25) is 0 Å². The van der Waals surface area contributed by atoms with Crippen molar-refractivity contribution in [1.82, 2.24) is 20.7 Å². The van der Waals surface area contributed by atoms with Gasteiger partial charge in [0.15, 0.2) is 11.5 Å². The topological polar surface area (TPSA) is 103 Å². The molecule has 0 spiro atoms. The van der Waals surface area contributed by atoms with Crippen LogP contribution in [-0.4, -0.2) is 34.9 Å². The first-order valence-electron chi connectivity index (χ1n) is 7.83. The number of methoxy groups -OCH3 is 1. The second-order valence-corrected chi connectivity index (χ2v) is 5.36. The largest absolute Gasteiger partial charge is 0.422 e. The Labute approximate surface area is 144 Å². The molecule has 2 heterocycles. The molecular weight excluding hydrogens is 324 g/mol. The number of amides is 1. The summed E-state index contributed by atoms with van der Waals surface area (Å²) in [4.78, 5) is 12.1. The number of hydrogen-bond acceptors (Lipinski definition) is 7. The second kappa shape index (κ2) is 7.71. The molecule has 0 saturated heterocycles. The third-order valence-corrected chi connectivity index (χ3v) is 3.61. The van der Waals surface area contributed by atoms with Crippen molar-refractivity contribution in [3.05, 3.63) is 53.9 Å². The van der Waals surface area contributed by atoms with Crippen LogP contribution in [0.25, 0.3) is 11.3 Å². The van der Waals surface area contributed by atoms with Crippen molar-refractivity contribution in [2.75, 3.05) is 13.7 Å². The number of benzene rings is 1. The van der Waals surface area contributed by atoms with Crippen LogP contribution in [0, 0.1) is 0 Å². The maximum atomic E-state index is 12.1. The van der Waals surface area contributed by atoms with Gasteiger partial charge in [-0.25, -0.2) is 0 Å². The van der Waals surface area contributed by atoms with Crippen LogP contribution < -0.4 is 5.32 Å². The summed E-state index contributed by atoms with van der Waals surface area (Å²) in [5.74, 6) is 1.06. The summed E-state index contributed by atoms with van der Waals surface area (Å²) in [7, 11) is 1.57. The molecule has 1 atom stereocenters. The minimum absolute atomic E-state index is 0.220. The van der Waals surface area contributed by atoms with Crippen molar-refractivity contribution in [3.63, 3.8) is 0 Å². The lowest BCUT2D eigenvalue weighted by atomic mass is 10.1. The van der Waals surface area contributed by atoms with E-state index in [1.54, 1.807) is 13.2 Å². The molecule has 8 nitrogen and oxygen atoms in total. The van der Waals surface area contributed by atoms with Crippen LogP contribution in [0.15, 0.2) is 45.3 Å². The summed E-state index contributed by atoms with van der Waals surface area (Å²) in [6.07, 6.45) is 0.154. The van der Waals surface area contributed by atoms with E-state index in [1.165, 1.54) is 0 Å². The molecule has 1 amide bonds. The predicted molar refractivity (Wildman–Crippen MR) is 87.7 cm³/mol. The average molecular weight is 342 g/mol.